The molecule has 0 aromatic carbocycles. The standard InChI is InChI=1S/C15H24O6/c1-5-20-11(16)14(12(17)21-6-2)7-13(8-14)9-15(10-13,18-3)19-4/h5-10H2,1-4H3. The van der Waals surface area contributed by atoms with Crippen LogP contribution in [-0.4, -0.2) is 45.2 Å². The molecule has 0 radical (unpaired) electrons. The third-order valence-electron chi connectivity index (χ3n) is 4.72. The Labute approximate surface area is 125 Å². The van der Waals surface area contributed by atoms with Gasteiger partial charge in [0.2, 0.25) is 0 Å². The maximum atomic E-state index is 12.2. The van der Waals surface area contributed by atoms with E-state index >= 15 is 0 Å². The Bertz CT molecular complexity index is 390. The molecule has 6 heteroatoms. The van der Waals surface area contributed by atoms with Crippen molar-refractivity contribution in [3.05, 3.63) is 0 Å². The number of carbonyl (C=O) groups excluding carboxylic acids is 2. The van der Waals surface area contributed by atoms with Crippen LogP contribution in [-0.2, 0) is 28.5 Å². The molecule has 2 aliphatic carbocycles. The normalized spacial score (nSPS) is 23.8. The van der Waals surface area contributed by atoms with E-state index in [1.165, 1.54) is 0 Å². The van der Waals surface area contributed by atoms with Gasteiger partial charge in [0.15, 0.2) is 11.2 Å². The molecule has 0 aliphatic heterocycles. The second-order valence-corrected chi connectivity index (χ2v) is 6.05. The number of carbonyl (C=O) groups is 2. The summed E-state index contributed by atoms with van der Waals surface area (Å²) in [5.74, 6) is -1.52. The zero-order chi connectivity index (χ0) is 15.7. The minimum atomic E-state index is -1.14. The highest BCUT2D eigenvalue weighted by Gasteiger charge is 2.72. The van der Waals surface area contributed by atoms with Crippen LogP contribution >= 0.6 is 0 Å². The lowest BCUT2D eigenvalue weighted by molar-refractivity contribution is -0.325. The Morgan fingerprint density at radius 3 is 1.62 bits per heavy atom. The van der Waals surface area contributed by atoms with Crippen molar-refractivity contribution in [3.8, 4) is 0 Å². The molecule has 0 amide bonds. The summed E-state index contributed by atoms with van der Waals surface area (Å²) in [4.78, 5) is 24.4. The van der Waals surface area contributed by atoms with Crippen LogP contribution in [0.1, 0.15) is 39.5 Å². The predicted octanol–water partition coefficient (Wildman–Crippen LogP) is 1.66. The van der Waals surface area contributed by atoms with Crippen molar-refractivity contribution in [3.63, 3.8) is 0 Å². The van der Waals surface area contributed by atoms with Crippen LogP contribution in [0.15, 0.2) is 0 Å². The molecule has 120 valence electrons. The number of hydrogen-bond acceptors (Lipinski definition) is 6. The first kappa shape index (κ1) is 16.2. The van der Waals surface area contributed by atoms with Gasteiger partial charge in [-0.1, -0.05) is 0 Å². The molecule has 0 atom stereocenters. The van der Waals surface area contributed by atoms with Gasteiger partial charge in [-0.05, 0) is 32.1 Å². The van der Waals surface area contributed by atoms with E-state index in [2.05, 4.69) is 0 Å². The summed E-state index contributed by atoms with van der Waals surface area (Å²) in [7, 11) is 3.22. The van der Waals surface area contributed by atoms with Crippen LogP contribution in [0.3, 0.4) is 0 Å². The second-order valence-electron chi connectivity index (χ2n) is 6.05. The molecule has 21 heavy (non-hydrogen) atoms. The van der Waals surface area contributed by atoms with Crippen molar-refractivity contribution in [2.75, 3.05) is 27.4 Å². The van der Waals surface area contributed by atoms with E-state index in [0.29, 0.717) is 25.7 Å². The lowest BCUT2D eigenvalue weighted by Gasteiger charge is -2.63. The first-order valence-corrected chi connectivity index (χ1v) is 7.36. The molecule has 0 aromatic rings. The van der Waals surface area contributed by atoms with Gasteiger partial charge in [-0.25, -0.2) is 0 Å². The second kappa shape index (κ2) is 5.57. The van der Waals surface area contributed by atoms with Crippen molar-refractivity contribution >= 4 is 11.9 Å². The van der Waals surface area contributed by atoms with Gasteiger partial charge >= 0.3 is 11.9 Å². The number of esters is 2. The van der Waals surface area contributed by atoms with Gasteiger partial charge in [0.05, 0.1) is 13.2 Å². The fourth-order valence-corrected chi connectivity index (χ4v) is 3.85. The molecule has 0 aromatic heterocycles. The van der Waals surface area contributed by atoms with Crippen LogP contribution in [0.4, 0.5) is 0 Å². The third-order valence-corrected chi connectivity index (χ3v) is 4.72. The lowest BCUT2D eigenvalue weighted by atomic mass is 9.43. The Kier molecular flexibility index (Phi) is 4.31. The molecular weight excluding hydrogens is 276 g/mol. The van der Waals surface area contributed by atoms with Crippen LogP contribution in [0.25, 0.3) is 0 Å². The quantitative estimate of drug-likeness (QED) is 0.422. The molecule has 1 spiro atoms. The summed E-state index contributed by atoms with van der Waals surface area (Å²) in [6.07, 6.45) is 2.28. The summed E-state index contributed by atoms with van der Waals surface area (Å²) >= 11 is 0. The summed E-state index contributed by atoms with van der Waals surface area (Å²) in [5, 5.41) is 0. The maximum absolute atomic E-state index is 12.2. The van der Waals surface area contributed by atoms with Gasteiger partial charge in [0.1, 0.15) is 0 Å². The molecule has 2 rings (SSSR count). The molecule has 2 fully saturated rings. The highest BCUT2D eigenvalue weighted by Crippen LogP contribution is 2.68. The molecule has 0 bridgehead atoms. The van der Waals surface area contributed by atoms with Gasteiger partial charge in [-0.15, -0.1) is 0 Å². The zero-order valence-corrected chi connectivity index (χ0v) is 13.2. The highest BCUT2D eigenvalue weighted by molar-refractivity contribution is 6.01. The van der Waals surface area contributed by atoms with E-state index < -0.39 is 23.1 Å². The topological polar surface area (TPSA) is 71.1 Å². The van der Waals surface area contributed by atoms with Crippen molar-refractivity contribution < 1.29 is 28.5 Å². The van der Waals surface area contributed by atoms with E-state index in [-0.39, 0.29) is 18.6 Å². The van der Waals surface area contributed by atoms with Crippen molar-refractivity contribution in [2.45, 2.75) is 45.3 Å². The zero-order valence-electron chi connectivity index (χ0n) is 13.2. The molecule has 6 nitrogen and oxygen atoms in total. The molecule has 0 saturated heterocycles. The van der Waals surface area contributed by atoms with Gasteiger partial charge in [-0.2, -0.15) is 0 Å². The molecule has 0 heterocycles. The fraction of sp³-hybridized carbons (Fsp3) is 0.867. The number of methoxy groups -OCH3 is 2. The minimum absolute atomic E-state index is 0.0778. The highest BCUT2D eigenvalue weighted by atomic mass is 16.7. The Hall–Kier alpha value is -1.14. The van der Waals surface area contributed by atoms with Gasteiger partial charge in [0, 0.05) is 27.1 Å². The average Bonchev–Trinajstić information content (AvgIpc) is 2.37. The molecule has 2 saturated carbocycles. The van der Waals surface area contributed by atoms with Crippen LogP contribution in [0.2, 0.25) is 0 Å². The molecular formula is C15H24O6. The SMILES string of the molecule is CCOC(=O)C1(C(=O)OCC)CC2(CC(OC)(OC)C2)C1. The third kappa shape index (κ3) is 2.44. The van der Waals surface area contributed by atoms with Crippen LogP contribution in [0.5, 0.6) is 0 Å². The summed E-state index contributed by atoms with van der Waals surface area (Å²) in [5.41, 5.74) is -1.22. The van der Waals surface area contributed by atoms with Crippen LogP contribution < -0.4 is 0 Å². The lowest BCUT2D eigenvalue weighted by Crippen LogP contribution is -2.66. The van der Waals surface area contributed by atoms with E-state index in [1.807, 2.05) is 0 Å². The van der Waals surface area contributed by atoms with Gasteiger partial charge in [0.25, 0.3) is 0 Å². The average molecular weight is 300 g/mol. The van der Waals surface area contributed by atoms with Gasteiger partial charge in [-0.3, -0.25) is 9.59 Å². The largest absolute Gasteiger partial charge is 0.465 e. The number of rotatable bonds is 6. The van der Waals surface area contributed by atoms with E-state index in [9.17, 15) is 9.59 Å². The van der Waals surface area contributed by atoms with Crippen molar-refractivity contribution in [1.29, 1.82) is 0 Å². The maximum Gasteiger partial charge on any atom is 0.323 e. The van der Waals surface area contributed by atoms with Crippen molar-refractivity contribution in [1.82, 2.24) is 0 Å². The van der Waals surface area contributed by atoms with Gasteiger partial charge < -0.3 is 18.9 Å². The van der Waals surface area contributed by atoms with E-state index in [1.54, 1.807) is 28.1 Å². The first-order chi connectivity index (χ1) is 9.91. The first-order valence-electron chi connectivity index (χ1n) is 7.36. The Morgan fingerprint density at radius 2 is 1.29 bits per heavy atom. The minimum Gasteiger partial charge on any atom is -0.465 e. The monoisotopic (exact) mass is 300 g/mol. The fourth-order valence-electron chi connectivity index (χ4n) is 3.85. The Morgan fingerprint density at radius 1 is 0.857 bits per heavy atom. The molecule has 0 N–H and O–H groups in total. The summed E-state index contributed by atoms with van der Waals surface area (Å²) in [6, 6.07) is 0. The summed E-state index contributed by atoms with van der Waals surface area (Å²) in [6.45, 7) is 3.98. The van der Waals surface area contributed by atoms with Crippen LogP contribution in [0, 0.1) is 10.8 Å². The smallest absolute Gasteiger partial charge is 0.323 e. The van der Waals surface area contributed by atoms with E-state index in [0.717, 1.165) is 0 Å². The number of hydrogen-bond donors (Lipinski definition) is 0. The summed E-state index contributed by atoms with van der Waals surface area (Å²) < 4.78 is 20.9. The number of ether oxygens (including phenoxy) is 4. The molecule has 2 aliphatic rings. The molecule has 0 unspecified atom stereocenters. The Balaban J connectivity index is 2.07. The van der Waals surface area contributed by atoms with E-state index in [4.69, 9.17) is 18.9 Å². The predicted molar refractivity (Wildman–Crippen MR) is 73.3 cm³/mol. The van der Waals surface area contributed by atoms with Crippen molar-refractivity contribution in [2.24, 2.45) is 10.8 Å².